The lowest BCUT2D eigenvalue weighted by Gasteiger charge is -2.10. The summed E-state index contributed by atoms with van der Waals surface area (Å²) in [6, 6.07) is 10.5. The van der Waals surface area contributed by atoms with Gasteiger partial charge in [0.15, 0.2) is 0 Å². The van der Waals surface area contributed by atoms with Crippen molar-refractivity contribution in [3.05, 3.63) is 70.9 Å². The maximum Gasteiger partial charge on any atom is 0.267 e. The Hall–Kier alpha value is -4.01. The summed E-state index contributed by atoms with van der Waals surface area (Å²) in [6.45, 7) is 4.21. The number of carbonyl (C=O) groups excluding carboxylic acids is 2. The molecular formula is C21H21N7O2. The maximum atomic E-state index is 13.1. The molecule has 0 aliphatic heterocycles. The second kappa shape index (κ2) is 7.43. The Bertz CT molecular complexity index is 1290. The van der Waals surface area contributed by atoms with Gasteiger partial charge in [-0.15, -0.1) is 0 Å². The molecule has 0 aliphatic rings. The van der Waals surface area contributed by atoms with Gasteiger partial charge in [0.25, 0.3) is 11.8 Å². The molecule has 0 aliphatic carbocycles. The van der Waals surface area contributed by atoms with E-state index in [9.17, 15) is 9.59 Å². The lowest BCUT2D eigenvalue weighted by molar-refractivity contribution is 0.0996. The second-order valence-corrected chi connectivity index (χ2v) is 7.07. The Morgan fingerprint density at radius 3 is 2.60 bits per heavy atom. The van der Waals surface area contributed by atoms with Gasteiger partial charge in [0.1, 0.15) is 5.69 Å². The summed E-state index contributed by atoms with van der Waals surface area (Å²) in [7, 11) is 1.86. The first-order valence-electron chi connectivity index (χ1n) is 9.37. The number of pyridine rings is 1. The van der Waals surface area contributed by atoms with Crippen LogP contribution in [0, 0.1) is 13.8 Å². The van der Waals surface area contributed by atoms with E-state index in [0.29, 0.717) is 34.4 Å². The van der Waals surface area contributed by atoms with Gasteiger partial charge in [-0.25, -0.2) is 4.98 Å². The van der Waals surface area contributed by atoms with Crippen molar-refractivity contribution in [1.82, 2.24) is 24.5 Å². The molecule has 9 nitrogen and oxygen atoms in total. The average Bonchev–Trinajstić information content (AvgIpc) is 3.24. The smallest absolute Gasteiger partial charge is 0.267 e. The SMILES string of the molecule is Cc1nn(Cc2ccn(C)n2)c(C)c1NC(=O)c1cc(C(N)=O)nc2ccccc12. The number of primary amides is 1. The number of aryl methyl sites for hydroxylation is 2. The second-order valence-electron chi connectivity index (χ2n) is 7.07. The quantitative estimate of drug-likeness (QED) is 0.529. The monoisotopic (exact) mass is 403 g/mol. The predicted octanol–water partition coefficient (Wildman–Crippen LogP) is 2.18. The highest BCUT2D eigenvalue weighted by molar-refractivity contribution is 6.14. The minimum atomic E-state index is -0.689. The largest absolute Gasteiger partial charge is 0.364 e. The molecular weight excluding hydrogens is 382 g/mol. The highest BCUT2D eigenvalue weighted by atomic mass is 16.2. The summed E-state index contributed by atoms with van der Waals surface area (Å²) in [5, 5.41) is 12.5. The number of aromatic nitrogens is 5. The van der Waals surface area contributed by atoms with Gasteiger partial charge >= 0.3 is 0 Å². The number of nitrogens with zero attached hydrogens (tertiary/aromatic N) is 5. The lowest BCUT2D eigenvalue weighted by atomic mass is 10.1. The number of carbonyl (C=O) groups is 2. The van der Waals surface area contributed by atoms with Gasteiger partial charge in [0, 0.05) is 18.6 Å². The Morgan fingerprint density at radius 2 is 1.90 bits per heavy atom. The van der Waals surface area contributed by atoms with E-state index in [4.69, 9.17) is 5.73 Å². The highest BCUT2D eigenvalue weighted by Crippen LogP contribution is 2.24. The van der Waals surface area contributed by atoms with Crippen LogP contribution in [0.15, 0.2) is 42.6 Å². The molecule has 3 N–H and O–H groups in total. The summed E-state index contributed by atoms with van der Waals surface area (Å²) >= 11 is 0. The molecule has 3 aromatic heterocycles. The van der Waals surface area contributed by atoms with Crippen LogP contribution >= 0.6 is 0 Å². The molecule has 0 saturated carbocycles. The van der Waals surface area contributed by atoms with Crippen LogP contribution in [0.3, 0.4) is 0 Å². The molecule has 0 radical (unpaired) electrons. The summed E-state index contributed by atoms with van der Waals surface area (Å²) in [5.41, 5.74) is 9.27. The van der Waals surface area contributed by atoms with Crippen LogP contribution in [0.1, 0.15) is 37.9 Å². The molecule has 0 unspecified atom stereocenters. The maximum absolute atomic E-state index is 13.1. The predicted molar refractivity (Wildman–Crippen MR) is 112 cm³/mol. The van der Waals surface area contributed by atoms with E-state index in [-0.39, 0.29) is 11.6 Å². The number of amides is 2. The fourth-order valence-corrected chi connectivity index (χ4v) is 3.40. The van der Waals surface area contributed by atoms with Gasteiger partial charge in [-0.2, -0.15) is 10.2 Å². The zero-order valence-corrected chi connectivity index (χ0v) is 16.9. The van der Waals surface area contributed by atoms with Crippen molar-refractivity contribution in [2.75, 3.05) is 5.32 Å². The standard InChI is InChI=1S/C21H21N7O2/c1-12-19(13(2)28(25-12)11-14-8-9-27(3)26-14)24-21(30)16-10-18(20(22)29)23-17-7-5-4-6-15(16)17/h4-10H,11H2,1-3H3,(H2,22,29)(H,24,30). The Labute approximate surface area is 172 Å². The Kier molecular flexibility index (Phi) is 4.78. The molecule has 0 bridgehead atoms. The minimum Gasteiger partial charge on any atom is -0.364 e. The normalized spacial score (nSPS) is 11.0. The molecule has 4 aromatic rings. The highest BCUT2D eigenvalue weighted by Gasteiger charge is 2.19. The molecule has 152 valence electrons. The minimum absolute atomic E-state index is 0.0399. The summed E-state index contributed by atoms with van der Waals surface area (Å²) in [6.07, 6.45) is 1.87. The third kappa shape index (κ3) is 3.52. The van der Waals surface area contributed by atoms with E-state index in [1.807, 2.05) is 39.2 Å². The molecule has 9 heteroatoms. The topological polar surface area (TPSA) is 121 Å². The third-order valence-corrected chi connectivity index (χ3v) is 4.91. The number of rotatable bonds is 5. The lowest BCUT2D eigenvalue weighted by Crippen LogP contribution is -2.18. The van der Waals surface area contributed by atoms with Crippen molar-refractivity contribution in [3.8, 4) is 0 Å². The van der Waals surface area contributed by atoms with Gasteiger partial charge < -0.3 is 11.1 Å². The molecule has 0 spiro atoms. The number of fused-ring (bicyclic) bond motifs is 1. The number of para-hydroxylation sites is 1. The molecule has 0 saturated heterocycles. The average molecular weight is 403 g/mol. The van der Waals surface area contributed by atoms with E-state index in [1.165, 1.54) is 6.07 Å². The molecule has 0 atom stereocenters. The van der Waals surface area contributed by atoms with Crippen molar-refractivity contribution in [2.24, 2.45) is 12.8 Å². The van der Waals surface area contributed by atoms with Crippen LogP contribution in [0.4, 0.5) is 5.69 Å². The van der Waals surface area contributed by atoms with Gasteiger partial charge in [-0.3, -0.25) is 19.0 Å². The first-order valence-corrected chi connectivity index (χ1v) is 9.37. The van der Waals surface area contributed by atoms with E-state index in [0.717, 1.165) is 11.4 Å². The van der Waals surface area contributed by atoms with Crippen molar-refractivity contribution in [1.29, 1.82) is 0 Å². The Balaban J connectivity index is 1.68. The first-order chi connectivity index (χ1) is 14.3. The van der Waals surface area contributed by atoms with E-state index >= 15 is 0 Å². The van der Waals surface area contributed by atoms with Crippen LogP contribution in [0.5, 0.6) is 0 Å². The number of benzene rings is 1. The Morgan fingerprint density at radius 1 is 1.13 bits per heavy atom. The molecule has 30 heavy (non-hydrogen) atoms. The molecule has 2 amide bonds. The number of anilines is 1. The van der Waals surface area contributed by atoms with Crippen LogP contribution in [0.25, 0.3) is 10.9 Å². The van der Waals surface area contributed by atoms with Gasteiger partial charge in [0.05, 0.1) is 40.4 Å². The number of nitrogens with one attached hydrogen (secondary N) is 1. The van der Waals surface area contributed by atoms with Gasteiger partial charge in [-0.1, -0.05) is 18.2 Å². The summed E-state index contributed by atoms with van der Waals surface area (Å²) < 4.78 is 3.53. The van der Waals surface area contributed by atoms with E-state index in [1.54, 1.807) is 27.6 Å². The summed E-state index contributed by atoms with van der Waals surface area (Å²) in [5.74, 6) is -1.05. The molecule has 1 aromatic carbocycles. The zero-order valence-electron chi connectivity index (χ0n) is 16.9. The third-order valence-electron chi connectivity index (χ3n) is 4.91. The van der Waals surface area contributed by atoms with Gasteiger partial charge in [0.2, 0.25) is 0 Å². The van der Waals surface area contributed by atoms with E-state index in [2.05, 4.69) is 20.5 Å². The van der Waals surface area contributed by atoms with Crippen molar-refractivity contribution in [3.63, 3.8) is 0 Å². The van der Waals surface area contributed by atoms with E-state index < -0.39 is 5.91 Å². The van der Waals surface area contributed by atoms with Crippen LogP contribution in [-0.4, -0.2) is 36.4 Å². The zero-order chi connectivity index (χ0) is 21.4. The van der Waals surface area contributed by atoms with Crippen LogP contribution in [0.2, 0.25) is 0 Å². The van der Waals surface area contributed by atoms with Crippen LogP contribution < -0.4 is 11.1 Å². The van der Waals surface area contributed by atoms with Crippen molar-refractivity contribution >= 4 is 28.4 Å². The number of hydrogen-bond donors (Lipinski definition) is 2. The molecule has 3 heterocycles. The van der Waals surface area contributed by atoms with Crippen molar-refractivity contribution in [2.45, 2.75) is 20.4 Å². The van der Waals surface area contributed by atoms with Crippen molar-refractivity contribution < 1.29 is 9.59 Å². The molecule has 4 rings (SSSR count). The van der Waals surface area contributed by atoms with Crippen LogP contribution in [-0.2, 0) is 13.6 Å². The fraction of sp³-hybridized carbons (Fsp3) is 0.190. The first kappa shape index (κ1) is 19.3. The molecule has 0 fully saturated rings. The number of hydrogen-bond acceptors (Lipinski definition) is 5. The fourth-order valence-electron chi connectivity index (χ4n) is 3.40. The number of nitrogens with two attached hydrogens (primary N) is 1. The van der Waals surface area contributed by atoms with Gasteiger partial charge in [-0.05, 0) is 32.0 Å². The summed E-state index contributed by atoms with van der Waals surface area (Å²) in [4.78, 5) is 29.0.